The summed E-state index contributed by atoms with van der Waals surface area (Å²) in [4.78, 5) is 3.14. The topological polar surface area (TPSA) is 20.7 Å². The Labute approximate surface area is 121 Å². The zero-order chi connectivity index (χ0) is 13.6. The van der Waals surface area contributed by atoms with Gasteiger partial charge in [-0.25, -0.2) is 4.39 Å². The first kappa shape index (κ1) is 13.2. The zero-order valence-corrected chi connectivity index (χ0v) is 12.7. The second kappa shape index (κ2) is 4.94. The summed E-state index contributed by atoms with van der Waals surface area (Å²) in [6.45, 7) is 1.80. The number of imidazole rings is 1. The number of nitrogens with zero attached hydrogens (tertiary/aromatic N) is 1. The van der Waals surface area contributed by atoms with E-state index in [9.17, 15) is 4.39 Å². The number of benzene rings is 1. The van der Waals surface area contributed by atoms with Gasteiger partial charge in [-0.15, -0.1) is 0 Å². The van der Waals surface area contributed by atoms with E-state index < -0.39 is 0 Å². The van der Waals surface area contributed by atoms with Crippen molar-refractivity contribution in [3.05, 3.63) is 28.3 Å². The first-order valence-electron chi connectivity index (χ1n) is 6.53. The molecule has 1 aromatic carbocycles. The van der Waals surface area contributed by atoms with Crippen LogP contribution in [0.25, 0.3) is 11.0 Å². The molecule has 1 aliphatic carbocycles. The lowest BCUT2D eigenvalue weighted by molar-refractivity contribution is 0.527. The van der Waals surface area contributed by atoms with Crippen molar-refractivity contribution in [2.24, 2.45) is 0 Å². The van der Waals surface area contributed by atoms with Crippen molar-refractivity contribution in [2.75, 3.05) is 6.26 Å². The second-order valence-corrected chi connectivity index (χ2v) is 6.77. The third kappa shape index (κ3) is 2.23. The van der Waals surface area contributed by atoms with Crippen LogP contribution in [0.4, 0.5) is 4.39 Å². The van der Waals surface area contributed by atoms with Gasteiger partial charge in [0.15, 0.2) is 4.77 Å². The van der Waals surface area contributed by atoms with Gasteiger partial charge in [-0.3, -0.25) is 0 Å². The van der Waals surface area contributed by atoms with Crippen LogP contribution in [0.15, 0.2) is 12.1 Å². The smallest absolute Gasteiger partial charge is 0.178 e. The Bertz CT molecular complexity index is 674. The van der Waals surface area contributed by atoms with Crippen molar-refractivity contribution in [1.82, 2.24) is 9.55 Å². The maximum absolute atomic E-state index is 13.6. The molecule has 2 unspecified atom stereocenters. The molecule has 19 heavy (non-hydrogen) atoms. The molecule has 1 aliphatic rings. The molecule has 1 aromatic heterocycles. The Hall–Kier alpha value is -0.810. The molecule has 0 bridgehead atoms. The van der Waals surface area contributed by atoms with Gasteiger partial charge in [0, 0.05) is 11.3 Å². The number of hydrogen-bond acceptors (Lipinski definition) is 2. The fourth-order valence-electron chi connectivity index (χ4n) is 2.98. The Morgan fingerprint density at radius 2 is 2.21 bits per heavy atom. The van der Waals surface area contributed by atoms with E-state index >= 15 is 0 Å². The Morgan fingerprint density at radius 3 is 2.89 bits per heavy atom. The first-order chi connectivity index (χ1) is 9.10. The lowest BCUT2D eigenvalue weighted by Crippen LogP contribution is -2.06. The van der Waals surface area contributed by atoms with Gasteiger partial charge in [-0.1, -0.05) is 0 Å². The van der Waals surface area contributed by atoms with Gasteiger partial charge in [-0.2, -0.15) is 11.8 Å². The third-order valence-corrected chi connectivity index (χ3v) is 5.45. The highest BCUT2D eigenvalue weighted by molar-refractivity contribution is 7.99. The van der Waals surface area contributed by atoms with Gasteiger partial charge in [-0.05, 0) is 62.4 Å². The van der Waals surface area contributed by atoms with E-state index in [1.165, 1.54) is 6.42 Å². The summed E-state index contributed by atoms with van der Waals surface area (Å²) in [6, 6.07) is 3.91. The molecule has 0 amide bonds. The number of thioether (sulfide) groups is 1. The molecule has 0 aliphatic heterocycles. The molecule has 102 valence electrons. The number of fused-ring (bicyclic) bond motifs is 1. The largest absolute Gasteiger partial charge is 0.330 e. The molecule has 2 nitrogen and oxygen atoms in total. The van der Waals surface area contributed by atoms with Crippen LogP contribution >= 0.6 is 24.0 Å². The SMILES string of the molecule is CSC1CCC(n2c(=S)[nH]c3cc(F)c(C)cc32)C1. The number of aromatic nitrogens is 2. The summed E-state index contributed by atoms with van der Waals surface area (Å²) in [6.07, 6.45) is 5.71. The van der Waals surface area contributed by atoms with Crippen LogP contribution in [0.3, 0.4) is 0 Å². The molecule has 1 heterocycles. The molecule has 0 saturated heterocycles. The van der Waals surface area contributed by atoms with Crippen molar-refractivity contribution < 1.29 is 4.39 Å². The lowest BCUT2D eigenvalue weighted by Gasteiger charge is -2.13. The molecular weight excluding hydrogens is 279 g/mol. The molecule has 1 N–H and O–H groups in total. The van der Waals surface area contributed by atoms with Crippen LogP contribution in [0.1, 0.15) is 30.9 Å². The molecule has 2 aromatic rings. The van der Waals surface area contributed by atoms with Crippen molar-refractivity contribution in [3.8, 4) is 0 Å². The summed E-state index contributed by atoms with van der Waals surface area (Å²) >= 11 is 7.36. The molecule has 0 spiro atoms. The van der Waals surface area contributed by atoms with Crippen LogP contribution in [-0.4, -0.2) is 21.1 Å². The normalized spacial score (nSPS) is 23.3. The summed E-state index contributed by atoms with van der Waals surface area (Å²) in [5.74, 6) is -0.177. The Kier molecular flexibility index (Phi) is 3.43. The van der Waals surface area contributed by atoms with Gasteiger partial charge in [0.05, 0.1) is 11.0 Å². The van der Waals surface area contributed by atoms with E-state index in [0.29, 0.717) is 16.4 Å². The predicted octanol–water partition coefficient (Wildman–Crippen LogP) is 4.60. The summed E-state index contributed by atoms with van der Waals surface area (Å²) in [5, 5.41) is 0.721. The summed E-state index contributed by atoms with van der Waals surface area (Å²) in [7, 11) is 0. The number of hydrogen-bond donors (Lipinski definition) is 1. The lowest BCUT2D eigenvalue weighted by atomic mass is 10.2. The average Bonchev–Trinajstić information content (AvgIpc) is 2.94. The number of aryl methyl sites for hydroxylation is 1. The van der Waals surface area contributed by atoms with E-state index in [1.54, 1.807) is 13.0 Å². The quantitative estimate of drug-likeness (QED) is 0.817. The van der Waals surface area contributed by atoms with E-state index in [0.717, 1.165) is 29.1 Å². The maximum atomic E-state index is 13.6. The molecule has 0 radical (unpaired) electrons. The Balaban J connectivity index is 2.11. The number of aromatic amines is 1. The van der Waals surface area contributed by atoms with Gasteiger partial charge in [0.25, 0.3) is 0 Å². The standard InChI is InChI=1S/C14H17FN2S2/c1-8-5-13-12(7-11(8)15)16-14(18)17(13)9-3-4-10(6-9)19-2/h5,7,9-10H,3-4,6H2,1-2H3,(H,16,18). The minimum atomic E-state index is -0.177. The van der Waals surface area contributed by atoms with Gasteiger partial charge in [0.1, 0.15) is 5.82 Å². The molecule has 3 rings (SSSR count). The minimum Gasteiger partial charge on any atom is -0.330 e. The average molecular weight is 296 g/mol. The molecule has 1 saturated carbocycles. The monoisotopic (exact) mass is 296 g/mol. The highest BCUT2D eigenvalue weighted by Crippen LogP contribution is 2.38. The van der Waals surface area contributed by atoms with Gasteiger partial charge in [0.2, 0.25) is 0 Å². The second-order valence-electron chi connectivity index (χ2n) is 5.24. The Morgan fingerprint density at radius 1 is 1.42 bits per heavy atom. The minimum absolute atomic E-state index is 0.177. The summed E-state index contributed by atoms with van der Waals surface area (Å²) in [5.41, 5.74) is 2.52. The van der Waals surface area contributed by atoms with Crippen molar-refractivity contribution in [3.63, 3.8) is 0 Å². The number of nitrogens with one attached hydrogen (secondary N) is 1. The van der Waals surface area contributed by atoms with E-state index in [4.69, 9.17) is 12.2 Å². The van der Waals surface area contributed by atoms with Gasteiger partial charge < -0.3 is 9.55 Å². The third-order valence-electron chi connectivity index (χ3n) is 4.05. The fraction of sp³-hybridized carbons (Fsp3) is 0.500. The predicted molar refractivity (Wildman–Crippen MR) is 82.0 cm³/mol. The highest BCUT2D eigenvalue weighted by Gasteiger charge is 2.27. The van der Waals surface area contributed by atoms with Crippen molar-refractivity contribution in [2.45, 2.75) is 37.5 Å². The van der Waals surface area contributed by atoms with E-state index in [1.807, 2.05) is 17.8 Å². The van der Waals surface area contributed by atoms with Crippen LogP contribution in [-0.2, 0) is 0 Å². The van der Waals surface area contributed by atoms with Gasteiger partial charge >= 0.3 is 0 Å². The number of rotatable bonds is 2. The highest BCUT2D eigenvalue weighted by atomic mass is 32.2. The number of H-pyrrole nitrogens is 1. The van der Waals surface area contributed by atoms with Crippen LogP contribution < -0.4 is 0 Å². The van der Waals surface area contributed by atoms with Crippen molar-refractivity contribution in [1.29, 1.82) is 0 Å². The molecule has 5 heteroatoms. The summed E-state index contributed by atoms with van der Waals surface area (Å²) < 4.78 is 16.5. The number of halogens is 1. The fourth-order valence-corrected chi connectivity index (χ4v) is 4.12. The molecule has 2 atom stereocenters. The first-order valence-corrected chi connectivity index (χ1v) is 8.23. The van der Waals surface area contributed by atoms with E-state index in [2.05, 4.69) is 15.8 Å². The van der Waals surface area contributed by atoms with Crippen molar-refractivity contribution >= 4 is 35.0 Å². The van der Waals surface area contributed by atoms with Crippen LogP contribution in [0.2, 0.25) is 0 Å². The molecular formula is C14H17FN2S2. The zero-order valence-electron chi connectivity index (χ0n) is 11.1. The van der Waals surface area contributed by atoms with E-state index in [-0.39, 0.29) is 5.82 Å². The van der Waals surface area contributed by atoms with Crippen LogP contribution in [0.5, 0.6) is 0 Å². The van der Waals surface area contributed by atoms with Crippen LogP contribution in [0, 0.1) is 17.5 Å². The maximum Gasteiger partial charge on any atom is 0.178 e. The molecule has 1 fully saturated rings.